The van der Waals surface area contributed by atoms with Gasteiger partial charge in [0.25, 0.3) is 0 Å². The Bertz CT molecular complexity index is 614. The number of anilines is 1. The Kier molecular flexibility index (Phi) is 5.51. The van der Waals surface area contributed by atoms with Gasteiger partial charge in [0, 0.05) is 16.7 Å². The first kappa shape index (κ1) is 15.7. The highest BCUT2D eigenvalue weighted by Crippen LogP contribution is 2.29. The molecule has 0 atom stereocenters. The number of nitrogens with one attached hydrogen (secondary N) is 1. The summed E-state index contributed by atoms with van der Waals surface area (Å²) in [6.07, 6.45) is 0. The number of halogens is 1. The van der Waals surface area contributed by atoms with Crippen molar-refractivity contribution in [1.29, 1.82) is 0 Å². The van der Waals surface area contributed by atoms with Gasteiger partial charge in [-0.05, 0) is 59.1 Å². The van der Waals surface area contributed by atoms with Crippen LogP contribution in [0.5, 0.6) is 11.5 Å². The van der Waals surface area contributed by atoms with Gasteiger partial charge in [0.2, 0.25) is 0 Å². The quantitative estimate of drug-likeness (QED) is 0.814. The molecule has 0 saturated carbocycles. The van der Waals surface area contributed by atoms with E-state index in [0.29, 0.717) is 6.61 Å². The Morgan fingerprint density at radius 3 is 2.67 bits per heavy atom. The zero-order valence-corrected chi connectivity index (χ0v) is 14.2. The molecule has 2 aromatic rings. The van der Waals surface area contributed by atoms with Crippen LogP contribution >= 0.6 is 15.9 Å². The van der Waals surface area contributed by atoms with E-state index in [1.807, 2.05) is 31.2 Å². The van der Waals surface area contributed by atoms with Crippen molar-refractivity contribution in [2.24, 2.45) is 0 Å². The molecular formula is C17H20BrNO2. The van der Waals surface area contributed by atoms with Crippen LogP contribution in [0, 0.1) is 6.92 Å². The van der Waals surface area contributed by atoms with Crippen molar-refractivity contribution in [3.8, 4) is 11.5 Å². The van der Waals surface area contributed by atoms with Gasteiger partial charge in [0.05, 0.1) is 13.7 Å². The van der Waals surface area contributed by atoms with Crippen molar-refractivity contribution in [1.82, 2.24) is 0 Å². The minimum absolute atomic E-state index is 0.629. The highest BCUT2D eigenvalue weighted by molar-refractivity contribution is 9.10. The molecule has 21 heavy (non-hydrogen) atoms. The first-order valence-corrected chi connectivity index (χ1v) is 7.73. The summed E-state index contributed by atoms with van der Waals surface area (Å²) in [5, 5.41) is 3.43. The topological polar surface area (TPSA) is 30.5 Å². The normalized spacial score (nSPS) is 10.3. The largest absolute Gasteiger partial charge is 0.493 e. The third-order valence-corrected chi connectivity index (χ3v) is 4.26. The molecule has 0 aromatic heterocycles. The van der Waals surface area contributed by atoms with Gasteiger partial charge in [-0.15, -0.1) is 0 Å². The Hall–Kier alpha value is -1.68. The van der Waals surface area contributed by atoms with E-state index in [0.717, 1.165) is 33.8 Å². The number of aryl methyl sites for hydroxylation is 1. The third kappa shape index (κ3) is 3.91. The Morgan fingerprint density at radius 1 is 1.14 bits per heavy atom. The monoisotopic (exact) mass is 349 g/mol. The molecule has 2 aromatic carbocycles. The smallest absolute Gasteiger partial charge is 0.161 e. The van der Waals surface area contributed by atoms with Crippen molar-refractivity contribution < 1.29 is 9.47 Å². The second kappa shape index (κ2) is 7.36. The molecule has 2 rings (SSSR count). The van der Waals surface area contributed by atoms with Crippen LogP contribution < -0.4 is 14.8 Å². The Morgan fingerprint density at radius 2 is 1.95 bits per heavy atom. The fourth-order valence-electron chi connectivity index (χ4n) is 2.08. The molecule has 0 heterocycles. The van der Waals surface area contributed by atoms with Crippen molar-refractivity contribution in [2.75, 3.05) is 19.0 Å². The summed E-state index contributed by atoms with van der Waals surface area (Å²) in [5.41, 5.74) is 3.44. The maximum atomic E-state index is 5.53. The van der Waals surface area contributed by atoms with E-state index in [1.54, 1.807) is 7.11 Å². The number of hydrogen-bond donors (Lipinski definition) is 1. The maximum absolute atomic E-state index is 5.53. The van der Waals surface area contributed by atoms with Crippen LogP contribution in [0.25, 0.3) is 0 Å². The number of rotatable bonds is 6. The van der Waals surface area contributed by atoms with Crippen LogP contribution in [0.15, 0.2) is 40.9 Å². The van der Waals surface area contributed by atoms with Crippen LogP contribution in [0.4, 0.5) is 5.69 Å². The molecule has 0 fully saturated rings. The summed E-state index contributed by atoms with van der Waals surface area (Å²) < 4.78 is 12.0. The highest BCUT2D eigenvalue weighted by atomic mass is 79.9. The van der Waals surface area contributed by atoms with Crippen LogP contribution in [0.2, 0.25) is 0 Å². The SMILES string of the molecule is CCOc1ccc(CNc2cccc(C)c2Br)cc1OC. The van der Waals surface area contributed by atoms with E-state index >= 15 is 0 Å². The van der Waals surface area contributed by atoms with Crippen molar-refractivity contribution in [3.05, 3.63) is 52.0 Å². The Labute approximate surface area is 134 Å². The van der Waals surface area contributed by atoms with Crippen molar-refractivity contribution in [2.45, 2.75) is 20.4 Å². The fourth-order valence-corrected chi connectivity index (χ4v) is 2.48. The number of benzene rings is 2. The van der Waals surface area contributed by atoms with Gasteiger partial charge in [-0.1, -0.05) is 18.2 Å². The van der Waals surface area contributed by atoms with Gasteiger partial charge < -0.3 is 14.8 Å². The predicted molar refractivity (Wildman–Crippen MR) is 90.4 cm³/mol. The molecule has 112 valence electrons. The lowest BCUT2D eigenvalue weighted by atomic mass is 10.2. The molecule has 3 nitrogen and oxygen atoms in total. The van der Waals surface area contributed by atoms with Crippen molar-refractivity contribution >= 4 is 21.6 Å². The molecule has 0 aliphatic heterocycles. The van der Waals surface area contributed by atoms with Crippen LogP contribution in [0.1, 0.15) is 18.1 Å². The van der Waals surface area contributed by atoms with Crippen molar-refractivity contribution in [3.63, 3.8) is 0 Å². The number of methoxy groups -OCH3 is 1. The number of ether oxygens (including phenoxy) is 2. The molecule has 4 heteroatoms. The van der Waals surface area contributed by atoms with Gasteiger partial charge in [-0.2, -0.15) is 0 Å². The lowest BCUT2D eigenvalue weighted by Gasteiger charge is -2.13. The lowest BCUT2D eigenvalue weighted by molar-refractivity contribution is 0.310. The predicted octanol–water partition coefficient (Wildman–Crippen LogP) is 4.78. The van der Waals surface area contributed by atoms with E-state index in [-0.39, 0.29) is 0 Å². The zero-order chi connectivity index (χ0) is 15.2. The molecule has 0 amide bonds. The summed E-state index contributed by atoms with van der Waals surface area (Å²) >= 11 is 3.61. The summed E-state index contributed by atoms with van der Waals surface area (Å²) in [7, 11) is 1.66. The van der Waals surface area contributed by atoms with E-state index in [4.69, 9.17) is 9.47 Å². The maximum Gasteiger partial charge on any atom is 0.161 e. The van der Waals surface area contributed by atoms with Gasteiger partial charge in [-0.25, -0.2) is 0 Å². The lowest BCUT2D eigenvalue weighted by Crippen LogP contribution is -2.02. The zero-order valence-electron chi connectivity index (χ0n) is 12.6. The van der Waals surface area contributed by atoms with Crippen LogP contribution in [0.3, 0.4) is 0 Å². The average Bonchev–Trinajstić information content (AvgIpc) is 2.50. The molecule has 0 aliphatic carbocycles. The van der Waals surface area contributed by atoms with E-state index in [2.05, 4.69) is 40.3 Å². The summed E-state index contributed by atoms with van der Waals surface area (Å²) in [6, 6.07) is 12.2. The second-order valence-electron chi connectivity index (χ2n) is 4.71. The second-order valence-corrected chi connectivity index (χ2v) is 5.50. The summed E-state index contributed by atoms with van der Waals surface area (Å²) in [6.45, 7) is 5.40. The highest BCUT2D eigenvalue weighted by Gasteiger charge is 2.06. The molecule has 0 bridgehead atoms. The van der Waals surface area contributed by atoms with Gasteiger partial charge >= 0.3 is 0 Å². The van der Waals surface area contributed by atoms with Gasteiger partial charge in [0.15, 0.2) is 11.5 Å². The first-order valence-electron chi connectivity index (χ1n) is 6.94. The average molecular weight is 350 g/mol. The third-order valence-electron chi connectivity index (χ3n) is 3.20. The van der Waals surface area contributed by atoms with E-state index < -0.39 is 0 Å². The molecule has 0 spiro atoms. The fraction of sp³-hybridized carbons (Fsp3) is 0.294. The molecular weight excluding hydrogens is 330 g/mol. The summed E-state index contributed by atoms with van der Waals surface area (Å²) in [5.74, 6) is 1.54. The molecule has 1 N–H and O–H groups in total. The number of hydrogen-bond acceptors (Lipinski definition) is 3. The van der Waals surface area contributed by atoms with Crippen LogP contribution in [-0.4, -0.2) is 13.7 Å². The molecule has 0 unspecified atom stereocenters. The summed E-state index contributed by atoms with van der Waals surface area (Å²) in [4.78, 5) is 0. The standard InChI is InChI=1S/C17H20BrNO2/c1-4-21-15-9-8-13(10-16(15)20-3)11-19-14-7-5-6-12(2)17(14)18/h5-10,19H,4,11H2,1-3H3. The minimum atomic E-state index is 0.629. The first-order chi connectivity index (χ1) is 10.2. The molecule has 0 aliphatic rings. The van der Waals surface area contributed by atoms with E-state index in [9.17, 15) is 0 Å². The minimum Gasteiger partial charge on any atom is -0.493 e. The van der Waals surface area contributed by atoms with Crippen LogP contribution in [-0.2, 0) is 6.54 Å². The van der Waals surface area contributed by atoms with Gasteiger partial charge in [0.1, 0.15) is 0 Å². The molecule has 0 radical (unpaired) electrons. The molecule has 0 saturated heterocycles. The van der Waals surface area contributed by atoms with Gasteiger partial charge in [-0.3, -0.25) is 0 Å². The van der Waals surface area contributed by atoms with E-state index in [1.165, 1.54) is 5.56 Å². The Balaban J connectivity index is 2.11.